The maximum Gasteiger partial charge on any atom is 0.263 e. The Morgan fingerprint density at radius 1 is 1.08 bits per heavy atom. The number of pyridine rings is 2. The quantitative estimate of drug-likeness (QED) is 0.320. The third-order valence-corrected chi connectivity index (χ3v) is 6.24. The predicted octanol–water partition coefficient (Wildman–Crippen LogP) is 4.77. The Balaban J connectivity index is 2.04. The SMILES string of the molecule is C=N/C(N[C@@H](C)c1cc2cccc(-c3cc(C)c(=O)n(C)c3)c2c(=O)n1-c1ccccc1)=C(\C)C#N. The highest BCUT2D eigenvalue weighted by molar-refractivity contribution is 5.96. The van der Waals surface area contributed by atoms with E-state index in [-0.39, 0.29) is 17.2 Å². The first-order chi connectivity index (χ1) is 17.3. The number of rotatable bonds is 6. The average molecular weight is 478 g/mol. The van der Waals surface area contributed by atoms with E-state index in [1.807, 2.05) is 67.6 Å². The van der Waals surface area contributed by atoms with Crippen LogP contribution in [0, 0.1) is 18.3 Å². The van der Waals surface area contributed by atoms with E-state index in [2.05, 4.69) is 23.1 Å². The summed E-state index contributed by atoms with van der Waals surface area (Å²) in [6, 6.07) is 20.7. The fourth-order valence-electron chi connectivity index (χ4n) is 4.41. The van der Waals surface area contributed by atoms with Crippen molar-refractivity contribution in [1.29, 1.82) is 5.26 Å². The fraction of sp³-hybridized carbons (Fsp3) is 0.172. The highest BCUT2D eigenvalue weighted by atomic mass is 16.1. The van der Waals surface area contributed by atoms with Gasteiger partial charge in [0.05, 0.1) is 23.1 Å². The highest BCUT2D eigenvalue weighted by Gasteiger charge is 2.20. The topological polar surface area (TPSA) is 92.2 Å². The second-order valence-corrected chi connectivity index (χ2v) is 8.75. The Morgan fingerprint density at radius 3 is 2.44 bits per heavy atom. The number of hydrogen-bond donors (Lipinski definition) is 1. The molecule has 7 heteroatoms. The largest absolute Gasteiger partial charge is 0.361 e. The molecule has 2 heterocycles. The summed E-state index contributed by atoms with van der Waals surface area (Å²) in [5.74, 6) is 0.367. The molecule has 4 rings (SSSR count). The van der Waals surface area contributed by atoms with Gasteiger partial charge >= 0.3 is 0 Å². The van der Waals surface area contributed by atoms with Crippen molar-refractivity contribution in [3.05, 3.63) is 110 Å². The van der Waals surface area contributed by atoms with Crippen LogP contribution in [0.2, 0.25) is 0 Å². The van der Waals surface area contributed by atoms with Crippen LogP contribution in [-0.2, 0) is 7.05 Å². The molecule has 4 aromatic rings. The summed E-state index contributed by atoms with van der Waals surface area (Å²) in [7, 11) is 1.71. The number of nitriles is 1. The summed E-state index contributed by atoms with van der Waals surface area (Å²) < 4.78 is 3.22. The second kappa shape index (κ2) is 9.88. The van der Waals surface area contributed by atoms with Crippen LogP contribution in [0.1, 0.15) is 31.1 Å². The molecule has 0 saturated carbocycles. The van der Waals surface area contributed by atoms with Crippen molar-refractivity contribution < 1.29 is 0 Å². The molecule has 1 N–H and O–H groups in total. The summed E-state index contributed by atoms with van der Waals surface area (Å²) in [6.07, 6.45) is 1.76. The lowest BCUT2D eigenvalue weighted by molar-refractivity contribution is 0.608. The molecule has 0 aliphatic heterocycles. The molecule has 36 heavy (non-hydrogen) atoms. The van der Waals surface area contributed by atoms with Crippen LogP contribution in [0.25, 0.3) is 27.6 Å². The number of aliphatic imine (C=N–C) groups is 1. The van der Waals surface area contributed by atoms with Gasteiger partial charge in [-0.1, -0.05) is 36.4 Å². The van der Waals surface area contributed by atoms with Crippen molar-refractivity contribution in [3.8, 4) is 22.9 Å². The lowest BCUT2D eigenvalue weighted by Gasteiger charge is -2.22. The van der Waals surface area contributed by atoms with Gasteiger partial charge < -0.3 is 9.88 Å². The molecule has 0 unspecified atom stereocenters. The van der Waals surface area contributed by atoms with E-state index in [1.54, 1.807) is 31.7 Å². The highest BCUT2D eigenvalue weighted by Crippen LogP contribution is 2.29. The van der Waals surface area contributed by atoms with Crippen LogP contribution in [0.5, 0.6) is 0 Å². The van der Waals surface area contributed by atoms with Crippen LogP contribution >= 0.6 is 0 Å². The number of para-hydroxylation sites is 1. The van der Waals surface area contributed by atoms with Gasteiger partial charge in [0, 0.05) is 30.2 Å². The van der Waals surface area contributed by atoms with Crippen molar-refractivity contribution in [2.75, 3.05) is 0 Å². The van der Waals surface area contributed by atoms with Gasteiger partial charge in [-0.3, -0.25) is 14.2 Å². The molecular formula is C29H27N5O2. The molecule has 7 nitrogen and oxygen atoms in total. The second-order valence-electron chi connectivity index (χ2n) is 8.75. The van der Waals surface area contributed by atoms with E-state index < -0.39 is 0 Å². The minimum Gasteiger partial charge on any atom is -0.361 e. The Kier molecular flexibility index (Phi) is 6.71. The van der Waals surface area contributed by atoms with Gasteiger partial charge in [0.25, 0.3) is 11.1 Å². The third kappa shape index (κ3) is 4.37. The first kappa shape index (κ1) is 24.4. The van der Waals surface area contributed by atoms with Crippen LogP contribution in [-0.4, -0.2) is 15.9 Å². The van der Waals surface area contributed by atoms with Crippen LogP contribution < -0.4 is 16.4 Å². The summed E-state index contributed by atoms with van der Waals surface area (Å²) in [4.78, 5) is 30.4. The Hall–Kier alpha value is -4.70. The molecule has 0 amide bonds. The zero-order valence-corrected chi connectivity index (χ0v) is 20.7. The zero-order chi connectivity index (χ0) is 26.0. The summed E-state index contributed by atoms with van der Waals surface area (Å²) in [5, 5.41) is 13.9. The molecule has 0 radical (unpaired) electrons. The normalized spacial score (nSPS) is 12.5. The number of allylic oxidation sites excluding steroid dienone is 1. The molecule has 0 aliphatic carbocycles. The minimum absolute atomic E-state index is 0.0739. The van der Waals surface area contributed by atoms with Gasteiger partial charge in [-0.05, 0) is 68.3 Å². The molecule has 0 bridgehead atoms. The van der Waals surface area contributed by atoms with Gasteiger partial charge in [-0.25, -0.2) is 4.99 Å². The van der Waals surface area contributed by atoms with Crippen molar-refractivity contribution in [2.24, 2.45) is 12.0 Å². The number of hydrogen-bond acceptors (Lipinski definition) is 5. The van der Waals surface area contributed by atoms with Gasteiger partial charge in [0.15, 0.2) is 0 Å². The number of fused-ring (bicyclic) bond motifs is 1. The van der Waals surface area contributed by atoms with E-state index in [9.17, 15) is 14.9 Å². The number of aromatic nitrogens is 2. The van der Waals surface area contributed by atoms with Crippen LogP contribution in [0.4, 0.5) is 0 Å². The summed E-state index contributed by atoms with van der Waals surface area (Å²) in [6.45, 7) is 8.92. The molecule has 1 atom stereocenters. The van der Waals surface area contributed by atoms with Gasteiger partial charge in [-0.15, -0.1) is 0 Å². The van der Waals surface area contributed by atoms with Crippen molar-refractivity contribution in [2.45, 2.75) is 26.8 Å². The molecule has 0 saturated heterocycles. The third-order valence-electron chi connectivity index (χ3n) is 6.24. The average Bonchev–Trinajstić information content (AvgIpc) is 2.89. The summed E-state index contributed by atoms with van der Waals surface area (Å²) >= 11 is 0. The van der Waals surface area contributed by atoms with E-state index in [0.717, 1.165) is 16.5 Å². The fourth-order valence-corrected chi connectivity index (χ4v) is 4.41. The molecule has 2 aromatic carbocycles. The first-order valence-corrected chi connectivity index (χ1v) is 11.5. The molecule has 180 valence electrons. The maximum absolute atomic E-state index is 14.2. The van der Waals surface area contributed by atoms with Gasteiger partial charge in [0.1, 0.15) is 5.82 Å². The number of benzene rings is 2. The minimum atomic E-state index is -0.366. The Morgan fingerprint density at radius 2 is 1.81 bits per heavy atom. The maximum atomic E-state index is 14.2. The van der Waals surface area contributed by atoms with Gasteiger partial charge in [0.2, 0.25) is 0 Å². The zero-order valence-electron chi connectivity index (χ0n) is 20.7. The Bertz CT molecular complexity index is 1640. The van der Waals surface area contributed by atoms with E-state index >= 15 is 0 Å². The molecule has 2 aromatic heterocycles. The van der Waals surface area contributed by atoms with Crippen molar-refractivity contribution >= 4 is 17.5 Å². The first-order valence-electron chi connectivity index (χ1n) is 11.5. The summed E-state index contributed by atoms with van der Waals surface area (Å²) in [5.41, 5.74) is 3.72. The van der Waals surface area contributed by atoms with Crippen LogP contribution in [0.3, 0.4) is 0 Å². The van der Waals surface area contributed by atoms with E-state index in [1.165, 1.54) is 4.57 Å². The lowest BCUT2D eigenvalue weighted by Crippen LogP contribution is -2.28. The molecular weight excluding hydrogens is 450 g/mol. The molecule has 0 fully saturated rings. The van der Waals surface area contributed by atoms with E-state index in [0.29, 0.717) is 33.7 Å². The number of aryl methyl sites for hydroxylation is 2. The van der Waals surface area contributed by atoms with Crippen molar-refractivity contribution in [1.82, 2.24) is 14.5 Å². The van der Waals surface area contributed by atoms with Gasteiger partial charge in [-0.2, -0.15) is 5.26 Å². The molecule has 0 aliphatic rings. The monoisotopic (exact) mass is 477 g/mol. The molecule has 0 spiro atoms. The number of nitrogens with zero attached hydrogens (tertiary/aromatic N) is 4. The smallest absolute Gasteiger partial charge is 0.263 e. The van der Waals surface area contributed by atoms with Crippen molar-refractivity contribution in [3.63, 3.8) is 0 Å². The lowest BCUT2D eigenvalue weighted by atomic mass is 9.98. The number of nitrogens with one attached hydrogen (secondary N) is 1. The Labute approximate surface area is 209 Å². The van der Waals surface area contributed by atoms with Crippen LogP contribution in [0.15, 0.2) is 92.8 Å². The van der Waals surface area contributed by atoms with E-state index in [4.69, 9.17) is 0 Å². The standard InChI is InChI=1S/C29H27N5O2/c1-18-14-22(17-33(5)28(18)35)24-13-9-10-21-15-25(20(3)32-27(31-4)19(2)16-30)34(29(36)26(21)24)23-11-7-6-8-12-23/h6-15,17,20,32H,4H2,1-3,5H3/b27-19-/t20-/m0/s1. The predicted molar refractivity (Wildman–Crippen MR) is 144 cm³/mol.